The lowest BCUT2D eigenvalue weighted by molar-refractivity contribution is -0.113. The van der Waals surface area contributed by atoms with E-state index in [9.17, 15) is 9.59 Å². The summed E-state index contributed by atoms with van der Waals surface area (Å²) in [5.74, 6) is -0.351. The number of imidazole rings is 1. The summed E-state index contributed by atoms with van der Waals surface area (Å²) in [4.78, 5) is 23.4. The Bertz CT molecular complexity index is 672. The number of hydrogen-bond acceptors (Lipinski definition) is 2. The first-order valence-electron chi connectivity index (χ1n) is 6.21. The van der Waals surface area contributed by atoms with Gasteiger partial charge in [-0.15, -0.1) is 11.6 Å². The summed E-state index contributed by atoms with van der Waals surface area (Å²) in [7, 11) is 0. The molecule has 0 saturated carbocycles. The molecule has 1 aromatic carbocycles. The maximum atomic E-state index is 12.2. The molecular weight excluding hydrogens is 266 g/mol. The number of benzene rings is 1. The molecule has 0 aliphatic heterocycles. The monoisotopic (exact) mass is 281 g/mol. The number of amides is 1. The predicted octanol–water partition coefficient (Wildman–Crippen LogP) is 2.02. The summed E-state index contributed by atoms with van der Waals surface area (Å²) < 4.78 is 3.40. The largest absolute Gasteiger partial charge is 0.329 e. The summed E-state index contributed by atoms with van der Waals surface area (Å²) in [6.07, 6.45) is 0. The smallest absolute Gasteiger partial charge is 0.325 e. The van der Waals surface area contributed by atoms with Crippen LogP contribution in [0.25, 0.3) is 11.0 Å². The molecule has 102 valence electrons. The van der Waals surface area contributed by atoms with E-state index in [1.165, 1.54) is 0 Å². The third-order valence-electron chi connectivity index (χ3n) is 3.06. The second kappa shape index (κ2) is 5.48. The molecular formula is C13H16ClN3O2. The molecule has 19 heavy (non-hydrogen) atoms. The molecule has 0 spiro atoms. The Morgan fingerprint density at radius 3 is 2.42 bits per heavy atom. The molecule has 0 aliphatic carbocycles. The fourth-order valence-electron chi connectivity index (χ4n) is 2.20. The van der Waals surface area contributed by atoms with Crippen molar-refractivity contribution in [2.24, 2.45) is 0 Å². The molecule has 0 atom stereocenters. The summed E-state index contributed by atoms with van der Waals surface area (Å²) in [6, 6.07) is 5.42. The average Bonchev–Trinajstić information content (AvgIpc) is 2.68. The Hall–Kier alpha value is -1.75. The summed E-state index contributed by atoms with van der Waals surface area (Å²) >= 11 is 5.46. The number of carbonyl (C=O) groups excluding carboxylic acids is 1. The van der Waals surface area contributed by atoms with Crippen molar-refractivity contribution in [3.05, 3.63) is 28.7 Å². The second-order valence-electron chi connectivity index (χ2n) is 4.16. The van der Waals surface area contributed by atoms with Gasteiger partial charge in [0.1, 0.15) is 5.88 Å². The number of carbonyl (C=O) groups is 1. The van der Waals surface area contributed by atoms with E-state index in [1.54, 1.807) is 21.3 Å². The van der Waals surface area contributed by atoms with Crippen LogP contribution >= 0.6 is 11.6 Å². The van der Waals surface area contributed by atoms with Gasteiger partial charge in [-0.1, -0.05) is 0 Å². The van der Waals surface area contributed by atoms with Crippen LogP contribution in [-0.4, -0.2) is 20.9 Å². The van der Waals surface area contributed by atoms with Gasteiger partial charge >= 0.3 is 5.69 Å². The number of fused-ring (bicyclic) bond motifs is 1. The van der Waals surface area contributed by atoms with Crippen LogP contribution in [0.4, 0.5) is 5.69 Å². The zero-order valence-corrected chi connectivity index (χ0v) is 11.7. The number of halogens is 1. The van der Waals surface area contributed by atoms with Crippen LogP contribution in [0, 0.1) is 0 Å². The van der Waals surface area contributed by atoms with Crippen molar-refractivity contribution in [2.75, 3.05) is 11.2 Å². The van der Waals surface area contributed by atoms with Crippen LogP contribution in [0.1, 0.15) is 13.8 Å². The van der Waals surface area contributed by atoms with Gasteiger partial charge in [-0.2, -0.15) is 0 Å². The molecule has 1 aromatic heterocycles. The van der Waals surface area contributed by atoms with Crippen LogP contribution in [0.2, 0.25) is 0 Å². The average molecular weight is 282 g/mol. The number of nitrogens with one attached hydrogen (secondary N) is 1. The summed E-state index contributed by atoms with van der Waals surface area (Å²) in [5, 5.41) is 2.69. The fraction of sp³-hybridized carbons (Fsp3) is 0.385. The van der Waals surface area contributed by atoms with E-state index in [2.05, 4.69) is 5.32 Å². The number of alkyl halides is 1. The van der Waals surface area contributed by atoms with Crippen LogP contribution in [0.3, 0.4) is 0 Å². The van der Waals surface area contributed by atoms with Crippen molar-refractivity contribution in [2.45, 2.75) is 26.9 Å². The molecule has 5 nitrogen and oxygen atoms in total. The van der Waals surface area contributed by atoms with E-state index in [0.717, 1.165) is 11.0 Å². The molecule has 0 unspecified atom stereocenters. The van der Waals surface area contributed by atoms with Crippen molar-refractivity contribution < 1.29 is 4.79 Å². The Labute approximate surface area is 115 Å². The van der Waals surface area contributed by atoms with Crippen molar-refractivity contribution >= 4 is 34.2 Å². The van der Waals surface area contributed by atoms with Gasteiger partial charge in [0.25, 0.3) is 0 Å². The zero-order chi connectivity index (χ0) is 14.0. The van der Waals surface area contributed by atoms with Crippen LogP contribution in [0.15, 0.2) is 23.0 Å². The highest BCUT2D eigenvalue weighted by Crippen LogP contribution is 2.19. The Kier molecular flexibility index (Phi) is 3.95. The topological polar surface area (TPSA) is 56.0 Å². The number of hydrogen-bond donors (Lipinski definition) is 1. The molecule has 0 fully saturated rings. The fourth-order valence-corrected chi connectivity index (χ4v) is 2.27. The SMILES string of the molecule is CCn1c(=O)n(CC)c2cc(NC(=O)CCl)ccc21. The lowest BCUT2D eigenvalue weighted by atomic mass is 10.2. The number of nitrogens with zero attached hydrogens (tertiary/aromatic N) is 2. The van der Waals surface area contributed by atoms with Gasteiger partial charge in [-0.25, -0.2) is 4.79 Å². The van der Waals surface area contributed by atoms with Gasteiger partial charge < -0.3 is 5.32 Å². The Morgan fingerprint density at radius 1 is 1.21 bits per heavy atom. The Balaban J connectivity index is 2.59. The maximum absolute atomic E-state index is 12.2. The van der Waals surface area contributed by atoms with Gasteiger partial charge in [0.15, 0.2) is 0 Å². The van der Waals surface area contributed by atoms with E-state index in [-0.39, 0.29) is 17.5 Å². The second-order valence-corrected chi connectivity index (χ2v) is 4.42. The van der Waals surface area contributed by atoms with Crippen molar-refractivity contribution in [1.29, 1.82) is 0 Å². The molecule has 2 rings (SSSR count). The molecule has 1 heterocycles. The van der Waals surface area contributed by atoms with Gasteiger partial charge in [-0.05, 0) is 32.0 Å². The van der Waals surface area contributed by atoms with Crippen molar-refractivity contribution in [3.63, 3.8) is 0 Å². The van der Waals surface area contributed by atoms with Crippen LogP contribution < -0.4 is 11.0 Å². The molecule has 0 bridgehead atoms. The molecule has 0 saturated heterocycles. The van der Waals surface area contributed by atoms with Crippen molar-refractivity contribution in [1.82, 2.24) is 9.13 Å². The minimum absolute atomic E-state index is 0.0270. The summed E-state index contributed by atoms with van der Waals surface area (Å²) in [6.45, 7) is 5.07. The molecule has 1 amide bonds. The Morgan fingerprint density at radius 2 is 1.84 bits per heavy atom. The van der Waals surface area contributed by atoms with Gasteiger partial charge in [0.2, 0.25) is 5.91 Å². The lowest BCUT2D eigenvalue weighted by Gasteiger charge is -2.04. The third kappa shape index (κ3) is 2.38. The first-order chi connectivity index (χ1) is 9.12. The highest BCUT2D eigenvalue weighted by atomic mass is 35.5. The number of rotatable bonds is 4. The van der Waals surface area contributed by atoms with Crippen LogP contribution in [-0.2, 0) is 17.9 Å². The standard InChI is InChI=1S/C13H16ClN3O2/c1-3-16-10-6-5-9(15-12(18)8-14)7-11(10)17(4-2)13(16)19/h5-7H,3-4,8H2,1-2H3,(H,15,18). The first-order valence-corrected chi connectivity index (χ1v) is 6.74. The number of aromatic nitrogens is 2. The molecule has 1 N–H and O–H groups in total. The number of aryl methyl sites for hydroxylation is 2. The molecule has 2 aromatic rings. The van der Waals surface area contributed by atoms with E-state index in [4.69, 9.17) is 11.6 Å². The van der Waals surface area contributed by atoms with E-state index in [0.29, 0.717) is 18.8 Å². The lowest BCUT2D eigenvalue weighted by Crippen LogP contribution is -2.23. The quantitative estimate of drug-likeness (QED) is 0.872. The van der Waals surface area contributed by atoms with Crippen LogP contribution in [0.5, 0.6) is 0 Å². The minimum atomic E-state index is -0.263. The van der Waals surface area contributed by atoms with E-state index < -0.39 is 0 Å². The summed E-state index contributed by atoms with van der Waals surface area (Å²) in [5.41, 5.74) is 2.31. The number of anilines is 1. The maximum Gasteiger partial charge on any atom is 0.329 e. The highest BCUT2D eigenvalue weighted by molar-refractivity contribution is 6.29. The van der Waals surface area contributed by atoms with Gasteiger partial charge in [-0.3, -0.25) is 13.9 Å². The molecule has 0 aliphatic rings. The highest BCUT2D eigenvalue weighted by Gasteiger charge is 2.11. The van der Waals surface area contributed by atoms with Crippen molar-refractivity contribution in [3.8, 4) is 0 Å². The zero-order valence-electron chi connectivity index (χ0n) is 10.9. The third-order valence-corrected chi connectivity index (χ3v) is 3.30. The molecule has 0 radical (unpaired) electrons. The molecule has 6 heteroatoms. The first kappa shape index (κ1) is 13.7. The van der Waals surface area contributed by atoms with E-state index in [1.807, 2.05) is 19.9 Å². The van der Waals surface area contributed by atoms with Gasteiger partial charge in [0, 0.05) is 18.8 Å². The van der Waals surface area contributed by atoms with E-state index >= 15 is 0 Å². The van der Waals surface area contributed by atoms with Gasteiger partial charge in [0.05, 0.1) is 11.0 Å². The normalized spacial score (nSPS) is 10.9. The predicted molar refractivity (Wildman–Crippen MR) is 76.9 cm³/mol. The minimum Gasteiger partial charge on any atom is -0.325 e.